The van der Waals surface area contributed by atoms with Crippen molar-refractivity contribution in [2.45, 2.75) is 90.9 Å². The van der Waals surface area contributed by atoms with Gasteiger partial charge in [-0.1, -0.05) is 71.1 Å². The summed E-state index contributed by atoms with van der Waals surface area (Å²) < 4.78 is 1.19. The summed E-state index contributed by atoms with van der Waals surface area (Å²) in [6.45, 7) is 7.20. The highest BCUT2D eigenvalue weighted by Crippen LogP contribution is 2.12. The maximum atomic E-state index is 2.35. The fraction of sp³-hybridized carbons (Fsp3) is 1.00. The van der Waals surface area contributed by atoms with E-state index in [1.807, 2.05) is 0 Å². The second-order valence-electron chi connectivity index (χ2n) is 6.86. The second kappa shape index (κ2) is 15.4. The van der Waals surface area contributed by atoms with E-state index >= 15 is 0 Å². The Labute approximate surface area is 131 Å². The number of unbranched alkanes of at least 4 members (excludes halogenated alkanes) is 11. The average Bonchev–Trinajstić information content (AvgIpc) is 2.40. The Morgan fingerprint density at radius 3 is 1.25 bits per heavy atom. The van der Waals surface area contributed by atoms with E-state index in [0.29, 0.717) is 0 Å². The predicted molar refractivity (Wildman–Crippen MR) is 94.3 cm³/mol. The Morgan fingerprint density at radius 1 is 0.550 bits per heavy atom. The highest BCUT2D eigenvalue weighted by atomic mass is 15.3. The summed E-state index contributed by atoms with van der Waals surface area (Å²) in [5.41, 5.74) is 0. The zero-order valence-electron chi connectivity index (χ0n) is 14.9. The summed E-state index contributed by atoms with van der Waals surface area (Å²) in [5.74, 6) is 0. The van der Waals surface area contributed by atoms with Gasteiger partial charge in [-0.05, 0) is 19.8 Å². The second-order valence-corrected chi connectivity index (χ2v) is 6.86. The fourth-order valence-corrected chi connectivity index (χ4v) is 2.54. The molecule has 2 heteroatoms. The molecule has 0 bridgehead atoms. The molecule has 0 amide bonds. The minimum Gasteiger partial charge on any atom is -0.329 e. The molecule has 1 nitrogen and oxygen atoms in total. The summed E-state index contributed by atoms with van der Waals surface area (Å²) in [6.07, 6.45) is 17.4. The van der Waals surface area contributed by atoms with Crippen LogP contribution in [0.3, 0.4) is 0 Å². The van der Waals surface area contributed by atoms with Gasteiger partial charge in [0.15, 0.2) is 0 Å². The quantitative estimate of drug-likeness (QED) is 0.227. The van der Waals surface area contributed by atoms with Gasteiger partial charge in [0.2, 0.25) is 0 Å². The number of quaternary nitrogens is 1. The van der Waals surface area contributed by atoms with E-state index in [1.54, 1.807) is 0 Å². The van der Waals surface area contributed by atoms with Gasteiger partial charge in [0.05, 0.1) is 27.2 Å². The summed E-state index contributed by atoms with van der Waals surface area (Å²) >= 11 is 0. The first kappa shape index (κ1) is 22.3. The molecule has 0 fully saturated rings. The van der Waals surface area contributed by atoms with Gasteiger partial charge in [-0.2, -0.15) is 0 Å². The molecule has 0 saturated heterocycles. The minimum absolute atomic E-state index is 0. The van der Waals surface area contributed by atoms with E-state index in [0.717, 1.165) is 0 Å². The lowest BCUT2D eigenvalue weighted by Crippen LogP contribution is -2.39. The Bertz CT molecular complexity index is 180. The van der Waals surface area contributed by atoms with Crippen molar-refractivity contribution in [2.75, 3.05) is 27.2 Å². The molecule has 0 rings (SSSR count). The maximum Gasteiger partial charge on any atom is 0.0782 e. The van der Waals surface area contributed by atoms with Gasteiger partial charge >= 0.3 is 0 Å². The zero-order chi connectivity index (χ0) is 14.4. The Morgan fingerprint density at radius 2 is 0.900 bits per heavy atom. The van der Waals surface area contributed by atoms with Crippen molar-refractivity contribution in [1.29, 1.82) is 0 Å². The molecule has 0 aromatic rings. The number of nitrogens with zero attached hydrogens (tertiary/aromatic N) is 1. The molecule has 0 aromatic carbocycles. The highest BCUT2D eigenvalue weighted by Gasteiger charge is 2.09. The van der Waals surface area contributed by atoms with E-state index < -0.39 is 0 Å². The monoisotopic (exact) mass is 281 g/mol. The van der Waals surface area contributed by atoms with Crippen LogP contribution in [-0.4, -0.2) is 40.1 Å². The Hall–Kier alpha value is 0.0249. The average molecular weight is 281 g/mol. The maximum absolute atomic E-state index is 2.35. The van der Waals surface area contributed by atoms with Gasteiger partial charge < -0.3 is 4.48 Å². The van der Waals surface area contributed by atoms with E-state index in [9.17, 15) is 0 Å². The summed E-state index contributed by atoms with van der Waals surface area (Å²) in [6, 6.07) is 0. The van der Waals surface area contributed by atoms with Crippen LogP contribution in [0.25, 0.3) is 0 Å². The van der Waals surface area contributed by atoms with E-state index in [2.05, 4.69) is 27.9 Å². The first-order chi connectivity index (χ1) is 9.12. The first-order valence-corrected chi connectivity index (χ1v) is 8.94. The number of hydrogen-bond acceptors (Lipinski definition) is 0. The van der Waals surface area contributed by atoms with Crippen molar-refractivity contribution in [2.24, 2.45) is 0 Å². The molecule has 0 unspecified atom stereocenters. The Balaban J connectivity index is 0. The normalized spacial score (nSPS) is 11.4. The van der Waals surface area contributed by atoms with Gasteiger partial charge in [-0.15, -0.1) is 0 Å². The predicted octanol–water partition coefficient (Wildman–Crippen LogP) is 5.40. The van der Waals surface area contributed by atoms with Crippen molar-refractivity contribution in [3.8, 4) is 0 Å². The van der Waals surface area contributed by atoms with Crippen LogP contribution in [0.5, 0.6) is 0 Å². The summed E-state index contributed by atoms with van der Waals surface area (Å²) in [4.78, 5) is 0. The van der Waals surface area contributed by atoms with Crippen LogP contribution in [0, 0.1) is 0 Å². The lowest BCUT2D eigenvalue weighted by atomic mass is 10.1. The van der Waals surface area contributed by atoms with Crippen molar-refractivity contribution in [1.82, 2.24) is 0 Å². The molecule has 3 radical (unpaired) electrons. The molecule has 119 valence electrons. The van der Waals surface area contributed by atoms with Gasteiger partial charge in [0.1, 0.15) is 0 Å². The van der Waals surface area contributed by atoms with E-state index in [1.165, 1.54) is 94.6 Å². The largest absolute Gasteiger partial charge is 0.329 e. The van der Waals surface area contributed by atoms with E-state index in [-0.39, 0.29) is 8.41 Å². The molecule has 20 heavy (non-hydrogen) atoms. The molecule has 0 atom stereocenters. The topological polar surface area (TPSA) is 0 Å². The molecule has 0 aromatic heterocycles. The van der Waals surface area contributed by atoms with Crippen LogP contribution in [0.2, 0.25) is 0 Å². The summed E-state index contributed by atoms with van der Waals surface area (Å²) in [5, 5.41) is 0. The van der Waals surface area contributed by atoms with Crippen LogP contribution in [0.4, 0.5) is 0 Å². The molecule has 0 aliphatic carbocycles. The smallest absolute Gasteiger partial charge is 0.0782 e. The molecule has 0 heterocycles. The number of rotatable bonds is 14. The van der Waals surface area contributed by atoms with Crippen molar-refractivity contribution < 1.29 is 4.48 Å². The highest BCUT2D eigenvalue weighted by molar-refractivity contribution is 5.75. The van der Waals surface area contributed by atoms with Crippen molar-refractivity contribution >= 4 is 8.41 Å². The molecular weight excluding hydrogens is 241 g/mol. The van der Waals surface area contributed by atoms with E-state index in [4.69, 9.17) is 0 Å². The van der Waals surface area contributed by atoms with Crippen LogP contribution < -0.4 is 0 Å². The van der Waals surface area contributed by atoms with Crippen molar-refractivity contribution in [3.05, 3.63) is 0 Å². The van der Waals surface area contributed by atoms with Gasteiger partial charge in [0.25, 0.3) is 0 Å². The SMILES string of the molecule is CCCCCCCCCCCCCC[N+](C)(C)CC.[B]. The minimum atomic E-state index is 0. The first-order valence-electron chi connectivity index (χ1n) is 8.94. The molecule has 0 aliphatic rings. The number of hydrogen-bond donors (Lipinski definition) is 0. The third kappa shape index (κ3) is 16.1. The van der Waals surface area contributed by atoms with Crippen LogP contribution in [0.1, 0.15) is 90.9 Å². The van der Waals surface area contributed by atoms with Crippen LogP contribution in [-0.2, 0) is 0 Å². The van der Waals surface area contributed by atoms with Gasteiger partial charge in [-0.3, -0.25) is 0 Å². The molecule has 0 aliphatic heterocycles. The zero-order valence-corrected chi connectivity index (χ0v) is 14.9. The molecule has 0 spiro atoms. The molecule has 0 N–H and O–H groups in total. The summed E-state index contributed by atoms with van der Waals surface area (Å²) in [7, 11) is 4.69. The van der Waals surface area contributed by atoms with Gasteiger partial charge in [-0.25, -0.2) is 0 Å². The third-order valence-electron chi connectivity index (χ3n) is 4.47. The lowest BCUT2D eigenvalue weighted by Gasteiger charge is -2.28. The van der Waals surface area contributed by atoms with Crippen LogP contribution >= 0.6 is 0 Å². The third-order valence-corrected chi connectivity index (χ3v) is 4.47. The molecule has 0 saturated carbocycles. The Kier molecular flexibility index (Phi) is 17.2. The lowest BCUT2D eigenvalue weighted by molar-refractivity contribution is -0.888. The van der Waals surface area contributed by atoms with Crippen molar-refractivity contribution in [3.63, 3.8) is 0 Å². The fourth-order valence-electron chi connectivity index (χ4n) is 2.54. The molecular formula is C18H40BN+. The standard InChI is InChI=1S/C18H40N.B/c1-5-7-8-9-10-11-12-13-14-15-16-17-18-19(3,4)6-2;/h5-18H2,1-4H3;/q+1;. The van der Waals surface area contributed by atoms with Crippen LogP contribution in [0.15, 0.2) is 0 Å². The van der Waals surface area contributed by atoms with Gasteiger partial charge in [0, 0.05) is 8.41 Å².